The minimum atomic E-state index is -0.877. The van der Waals surface area contributed by atoms with Crippen LogP contribution in [0.2, 0.25) is 0 Å². The van der Waals surface area contributed by atoms with Gasteiger partial charge in [0.25, 0.3) is 0 Å². The zero-order valence-electron chi connectivity index (χ0n) is 6.13. The monoisotopic (exact) mass is 157 g/mol. The maximum atomic E-state index is 10.8. The topological polar surface area (TPSA) is 69.6 Å². The van der Waals surface area contributed by atoms with Crippen LogP contribution >= 0.6 is 0 Å². The first-order valence-electron chi connectivity index (χ1n) is 3.77. The second-order valence-electron chi connectivity index (χ2n) is 3.65. The maximum Gasteiger partial charge on any atom is 0.311 e. The first kappa shape index (κ1) is 7.06. The van der Waals surface area contributed by atoms with Gasteiger partial charge in [0, 0.05) is 13.0 Å². The van der Waals surface area contributed by atoms with Gasteiger partial charge in [-0.05, 0) is 12.8 Å². The summed E-state index contributed by atoms with van der Waals surface area (Å²) in [6.45, 7) is 0.416. The first-order chi connectivity index (χ1) is 5.06. The predicted molar refractivity (Wildman–Crippen MR) is 36.9 cm³/mol. The Hall–Kier alpha value is -0.610. The highest BCUT2D eigenvalue weighted by Gasteiger charge is 2.57. The number of aliphatic carboxylic acids is 1. The highest BCUT2D eigenvalue weighted by molar-refractivity contribution is 5.76. The summed E-state index contributed by atoms with van der Waals surface area (Å²) in [5.41, 5.74) is -1.55. The Morgan fingerprint density at radius 2 is 2.18 bits per heavy atom. The second kappa shape index (κ2) is 1.76. The van der Waals surface area contributed by atoms with Crippen LogP contribution in [0.15, 0.2) is 0 Å². The highest BCUT2D eigenvalue weighted by Crippen LogP contribution is 2.47. The van der Waals surface area contributed by atoms with E-state index in [1.54, 1.807) is 0 Å². The molecule has 3 N–H and O–H groups in total. The molecule has 1 aliphatic carbocycles. The molecule has 1 heterocycles. The molecule has 2 fully saturated rings. The van der Waals surface area contributed by atoms with Gasteiger partial charge in [-0.25, -0.2) is 0 Å². The number of rotatable bonds is 1. The number of hydrogen-bond acceptors (Lipinski definition) is 3. The van der Waals surface area contributed by atoms with Crippen molar-refractivity contribution in [2.24, 2.45) is 5.41 Å². The Morgan fingerprint density at radius 1 is 1.45 bits per heavy atom. The van der Waals surface area contributed by atoms with Crippen LogP contribution in [0.3, 0.4) is 0 Å². The molecule has 4 heteroatoms. The van der Waals surface area contributed by atoms with Crippen molar-refractivity contribution >= 4 is 5.97 Å². The predicted octanol–water partition coefficient (Wildman–Crippen LogP) is -0.467. The lowest BCUT2D eigenvalue weighted by molar-refractivity contribution is -0.147. The zero-order chi connectivity index (χ0) is 8.11. The minimum Gasteiger partial charge on any atom is -0.481 e. The van der Waals surface area contributed by atoms with Gasteiger partial charge in [0.2, 0.25) is 0 Å². The lowest BCUT2D eigenvalue weighted by Gasteiger charge is -2.22. The quantitative estimate of drug-likeness (QED) is 0.481. The molecule has 11 heavy (non-hydrogen) atoms. The van der Waals surface area contributed by atoms with E-state index in [1.807, 2.05) is 0 Å². The van der Waals surface area contributed by atoms with Crippen LogP contribution in [-0.4, -0.2) is 28.5 Å². The van der Waals surface area contributed by atoms with Gasteiger partial charge in [-0.15, -0.1) is 0 Å². The van der Waals surface area contributed by atoms with E-state index in [0.29, 0.717) is 25.8 Å². The van der Waals surface area contributed by atoms with Crippen molar-refractivity contribution in [2.45, 2.75) is 25.0 Å². The van der Waals surface area contributed by atoms with E-state index in [-0.39, 0.29) is 0 Å². The van der Waals surface area contributed by atoms with Crippen LogP contribution < -0.4 is 5.32 Å². The van der Waals surface area contributed by atoms with Gasteiger partial charge in [0.15, 0.2) is 0 Å². The Kier molecular flexibility index (Phi) is 1.13. The third-order valence-electron chi connectivity index (χ3n) is 2.86. The molecule has 2 unspecified atom stereocenters. The van der Waals surface area contributed by atoms with Crippen LogP contribution in [0.5, 0.6) is 0 Å². The highest BCUT2D eigenvalue weighted by atomic mass is 16.4. The Morgan fingerprint density at radius 3 is 2.36 bits per heavy atom. The summed E-state index contributed by atoms with van der Waals surface area (Å²) in [5.74, 6) is -0.779. The van der Waals surface area contributed by atoms with E-state index >= 15 is 0 Å². The van der Waals surface area contributed by atoms with E-state index in [0.717, 1.165) is 0 Å². The number of carbonyl (C=O) groups is 1. The Labute approximate surface area is 64.2 Å². The van der Waals surface area contributed by atoms with Gasteiger partial charge in [-0.3, -0.25) is 10.1 Å². The van der Waals surface area contributed by atoms with E-state index < -0.39 is 17.1 Å². The van der Waals surface area contributed by atoms with Gasteiger partial charge < -0.3 is 10.2 Å². The van der Waals surface area contributed by atoms with E-state index in [9.17, 15) is 9.90 Å². The molecule has 0 aromatic rings. The Balaban J connectivity index is 2.27. The zero-order valence-corrected chi connectivity index (χ0v) is 6.13. The summed E-state index contributed by atoms with van der Waals surface area (Å²) in [4.78, 5) is 10.8. The maximum absolute atomic E-state index is 10.8. The molecule has 0 aromatic carbocycles. The molecule has 4 nitrogen and oxygen atoms in total. The lowest BCUT2D eigenvalue weighted by Crippen LogP contribution is -2.41. The third kappa shape index (κ3) is 0.795. The fraction of sp³-hybridized carbons (Fsp3) is 0.857. The lowest BCUT2D eigenvalue weighted by atomic mass is 9.88. The molecular formula is C7H11NO3. The summed E-state index contributed by atoms with van der Waals surface area (Å²) in [6.07, 6.45) is 1.54. The smallest absolute Gasteiger partial charge is 0.311 e. The van der Waals surface area contributed by atoms with Gasteiger partial charge in [0.05, 0.1) is 5.41 Å². The van der Waals surface area contributed by atoms with Crippen molar-refractivity contribution in [1.82, 2.24) is 5.32 Å². The molecule has 1 aliphatic heterocycles. The largest absolute Gasteiger partial charge is 0.481 e. The van der Waals surface area contributed by atoms with Crippen molar-refractivity contribution in [1.29, 1.82) is 0 Å². The van der Waals surface area contributed by atoms with Gasteiger partial charge >= 0.3 is 5.97 Å². The molecule has 2 atom stereocenters. The van der Waals surface area contributed by atoms with Crippen LogP contribution in [0.25, 0.3) is 0 Å². The van der Waals surface area contributed by atoms with Crippen molar-refractivity contribution in [3.05, 3.63) is 0 Å². The number of carboxylic acids is 1. The molecular weight excluding hydrogens is 146 g/mol. The molecule has 2 rings (SSSR count). The molecule has 1 saturated heterocycles. The summed E-state index contributed by atoms with van der Waals surface area (Å²) < 4.78 is 0. The molecule has 62 valence electrons. The van der Waals surface area contributed by atoms with Gasteiger partial charge in [-0.2, -0.15) is 0 Å². The minimum absolute atomic E-state index is 0.370. The van der Waals surface area contributed by atoms with Crippen molar-refractivity contribution in [3.8, 4) is 0 Å². The number of carboxylic acid groups (broad SMARTS) is 1. The Bertz CT molecular complexity index is 206. The molecule has 0 spiro atoms. The van der Waals surface area contributed by atoms with E-state index in [1.165, 1.54) is 0 Å². The third-order valence-corrected chi connectivity index (χ3v) is 2.86. The standard InChI is InChI=1S/C7H11NO3/c9-5(10)6-1-2-7(11,3-6)8-4-6/h8,11H,1-4H2,(H,9,10). The number of piperidine rings is 1. The summed E-state index contributed by atoms with van der Waals surface area (Å²) in [5, 5.41) is 21.3. The summed E-state index contributed by atoms with van der Waals surface area (Å²) in [7, 11) is 0. The molecule has 0 radical (unpaired) electrons. The second-order valence-corrected chi connectivity index (χ2v) is 3.65. The summed E-state index contributed by atoms with van der Waals surface area (Å²) >= 11 is 0. The van der Waals surface area contributed by atoms with Crippen LogP contribution in [0.1, 0.15) is 19.3 Å². The fourth-order valence-corrected chi connectivity index (χ4v) is 2.08. The van der Waals surface area contributed by atoms with Crippen LogP contribution in [0.4, 0.5) is 0 Å². The summed E-state index contributed by atoms with van der Waals surface area (Å²) in [6, 6.07) is 0. The molecule has 2 bridgehead atoms. The molecule has 0 amide bonds. The normalized spacial score (nSPS) is 48.1. The molecule has 1 saturated carbocycles. The SMILES string of the molecule is O=C(O)C12CCC(O)(C1)NC2. The van der Waals surface area contributed by atoms with Crippen LogP contribution in [0, 0.1) is 5.41 Å². The van der Waals surface area contributed by atoms with Crippen molar-refractivity contribution < 1.29 is 15.0 Å². The van der Waals surface area contributed by atoms with Crippen molar-refractivity contribution in [3.63, 3.8) is 0 Å². The van der Waals surface area contributed by atoms with Gasteiger partial charge in [-0.1, -0.05) is 0 Å². The fourth-order valence-electron chi connectivity index (χ4n) is 2.08. The molecule has 2 aliphatic rings. The average molecular weight is 157 g/mol. The first-order valence-corrected chi connectivity index (χ1v) is 3.77. The number of fused-ring (bicyclic) bond motifs is 2. The number of nitrogens with one attached hydrogen (secondary N) is 1. The van der Waals surface area contributed by atoms with E-state index in [4.69, 9.17) is 5.11 Å². The van der Waals surface area contributed by atoms with Crippen molar-refractivity contribution in [2.75, 3.05) is 6.54 Å². The average Bonchev–Trinajstić information content (AvgIpc) is 2.42. The van der Waals surface area contributed by atoms with Crippen LogP contribution in [-0.2, 0) is 4.79 Å². The van der Waals surface area contributed by atoms with Gasteiger partial charge in [0.1, 0.15) is 5.72 Å². The number of aliphatic hydroxyl groups is 1. The number of hydrogen-bond donors (Lipinski definition) is 3. The van der Waals surface area contributed by atoms with E-state index in [2.05, 4.69) is 5.32 Å². The molecule has 0 aromatic heterocycles.